The fourth-order valence-electron chi connectivity index (χ4n) is 4.59. The van der Waals surface area contributed by atoms with Gasteiger partial charge in [-0.05, 0) is 23.6 Å². The topological polar surface area (TPSA) is 89.5 Å². The number of rotatable bonds is 13. The largest absolute Gasteiger partial charge is 0.368 e. The average molecular weight is 557 g/mol. The zero-order valence-electron chi connectivity index (χ0n) is 22.4. The van der Waals surface area contributed by atoms with E-state index in [0.29, 0.717) is 6.61 Å². The minimum absolute atomic E-state index is 0.255. The third-order valence-corrected chi connectivity index (χ3v) is 7.06. The molecule has 3 aromatic rings. The highest BCUT2D eigenvalue weighted by Crippen LogP contribution is 2.33. The van der Waals surface area contributed by atoms with Crippen molar-refractivity contribution in [2.45, 2.75) is 63.6 Å². The highest BCUT2D eigenvalue weighted by molar-refractivity contribution is 7.86. The number of hydrogen-bond donors (Lipinski definition) is 0. The molecule has 0 amide bonds. The molecule has 0 saturated carbocycles. The van der Waals surface area contributed by atoms with E-state index in [1.54, 1.807) is 6.92 Å². The van der Waals surface area contributed by atoms with Crippen molar-refractivity contribution in [3.63, 3.8) is 0 Å². The fourth-order valence-corrected chi connectivity index (χ4v) is 5.25. The van der Waals surface area contributed by atoms with Gasteiger partial charge >= 0.3 is 0 Å². The first-order valence-electron chi connectivity index (χ1n) is 12.9. The second-order valence-corrected chi connectivity index (χ2v) is 11.1. The normalized spacial score (nSPS) is 24.3. The zero-order chi connectivity index (χ0) is 27.7. The van der Waals surface area contributed by atoms with Gasteiger partial charge in [0.25, 0.3) is 10.1 Å². The monoisotopic (exact) mass is 556 g/mol. The Labute approximate surface area is 230 Å². The van der Waals surface area contributed by atoms with Crippen LogP contribution in [-0.4, -0.2) is 58.6 Å². The first-order chi connectivity index (χ1) is 18.8. The van der Waals surface area contributed by atoms with Gasteiger partial charge in [0.15, 0.2) is 6.29 Å². The second-order valence-electron chi connectivity index (χ2n) is 9.49. The van der Waals surface area contributed by atoms with Gasteiger partial charge in [-0.15, -0.1) is 0 Å². The van der Waals surface area contributed by atoms with Gasteiger partial charge in [0.05, 0.1) is 26.1 Å². The molecule has 1 fully saturated rings. The smallest absolute Gasteiger partial charge is 0.264 e. The maximum atomic E-state index is 12.0. The van der Waals surface area contributed by atoms with Crippen LogP contribution in [0.25, 0.3) is 0 Å². The van der Waals surface area contributed by atoms with Crippen LogP contribution in [0.2, 0.25) is 0 Å². The Morgan fingerprint density at radius 2 is 1.10 bits per heavy atom. The first-order valence-corrected chi connectivity index (χ1v) is 14.7. The lowest BCUT2D eigenvalue weighted by Gasteiger charge is -2.46. The van der Waals surface area contributed by atoms with Crippen molar-refractivity contribution in [2.24, 2.45) is 0 Å². The summed E-state index contributed by atoms with van der Waals surface area (Å²) in [6.45, 7) is 2.47. The van der Waals surface area contributed by atoms with Crippen molar-refractivity contribution in [3.05, 3.63) is 108 Å². The summed E-state index contributed by atoms with van der Waals surface area (Å²) in [4.78, 5) is 0. The van der Waals surface area contributed by atoms with Gasteiger partial charge in [0.2, 0.25) is 0 Å². The number of benzene rings is 3. The predicted molar refractivity (Wildman–Crippen MR) is 146 cm³/mol. The van der Waals surface area contributed by atoms with Crippen LogP contribution in [0.5, 0.6) is 0 Å². The molecule has 9 heteroatoms. The molecular formula is C30H36O8S. The summed E-state index contributed by atoms with van der Waals surface area (Å²) in [5, 5.41) is 0. The van der Waals surface area contributed by atoms with E-state index in [2.05, 4.69) is 0 Å². The van der Waals surface area contributed by atoms with Gasteiger partial charge in [-0.3, -0.25) is 4.18 Å². The highest BCUT2D eigenvalue weighted by Gasteiger charge is 2.51. The highest BCUT2D eigenvalue weighted by atomic mass is 32.2. The maximum Gasteiger partial charge on any atom is 0.264 e. The first kappa shape index (κ1) is 29.4. The predicted octanol–water partition coefficient (Wildman–Crippen LogP) is 4.48. The lowest BCUT2D eigenvalue weighted by molar-refractivity contribution is -0.326. The second kappa shape index (κ2) is 14.1. The summed E-state index contributed by atoms with van der Waals surface area (Å²) in [5.74, 6) is 0. The van der Waals surface area contributed by atoms with E-state index < -0.39 is 46.9 Å². The minimum Gasteiger partial charge on any atom is -0.368 e. The van der Waals surface area contributed by atoms with Gasteiger partial charge in [-0.1, -0.05) is 91.0 Å². The third-order valence-electron chi connectivity index (χ3n) is 6.41. The lowest BCUT2D eigenvalue weighted by atomic mass is 9.94. The Morgan fingerprint density at radius 3 is 1.51 bits per heavy atom. The van der Waals surface area contributed by atoms with Gasteiger partial charge < -0.3 is 23.7 Å². The summed E-state index contributed by atoms with van der Waals surface area (Å²) in [6.07, 6.45) is -3.65. The molecular weight excluding hydrogens is 520 g/mol. The van der Waals surface area contributed by atoms with E-state index in [-0.39, 0.29) is 13.2 Å². The van der Waals surface area contributed by atoms with Gasteiger partial charge in [0.1, 0.15) is 30.5 Å². The van der Waals surface area contributed by atoms with Gasteiger partial charge in [-0.25, -0.2) is 0 Å². The third kappa shape index (κ3) is 8.68. The van der Waals surface area contributed by atoms with Crippen molar-refractivity contribution in [3.8, 4) is 0 Å². The Kier molecular flexibility index (Phi) is 10.6. The fraction of sp³-hybridized carbons (Fsp3) is 0.400. The molecule has 1 aliphatic rings. The Morgan fingerprint density at radius 1 is 0.692 bits per heavy atom. The molecule has 1 heterocycles. The molecule has 210 valence electrons. The van der Waals surface area contributed by atoms with Crippen molar-refractivity contribution in [1.29, 1.82) is 0 Å². The molecule has 0 bridgehead atoms. The van der Waals surface area contributed by atoms with Crippen LogP contribution >= 0.6 is 0 Å². The Bertz CT molecular complexity index is 1220. The summed E-state index contributed by atoms with van der Waals surface area (Å²) in [7, 11) is -2.25. The minimum atomic E-state index is -3.77. The van der Waals surface area contributed by atoms with E-state index in [0.717, 1.165) is 22.9 Å². The molecule has 4 rings (SSSR count). The molecule has 1 aliphatic heterocycles. The van der Waals surface area contributed by atoms with Crippen LogP contribution in [0.3, 0.4) is 0 Å². The van der Waals surface area contributed by atoms with Crippen LogP contribution in [0.1, 0.15) is 23.6 Å². The van der Waals surface area contributed by atoms with E-state index in [1.807, 2.05) is 91.0 Å². The van der Waals surface area contributed by atoms with Crippen molar-refractivity contribution < 1.29 is 36.3 Å². The average Bonchev–Trinajstić information content (AvgIpc) is 2.94. The van der Waals surface area contributed by atoms with Crippen LogP contribution < -0.4 is 0 Å². The van der Waals surface area contributed by atoms with E-state index in [4.69, 9.17) is 27.9 Å². The van der Waals surface area contributed by atoms with E-state index >= 15 is 0 Å². The van der Waals surface area contributed by atoms with Crippen LogP contribution in [0, 0.1) is 0 Å². The van der Waals surface area contributed by atoms with Crippen molar-refractivity contribution >= 4 is 10.1 Å². The number of methoxy groups -OCH3 is 1. The van der Waals surface area contributed by atoms with Crippen molar-refractivity contribution in [1.82, 2.24) is 0 Å². The molecule has 0 radical (unpaired) electrons. The molecule has 6 atom stereocenters. The summed E-state index contributed by atoms with van der Waals surface area (Å²) in [6, 6.07) is 29.2. The molecule has 39 heavy (non-hydrogen) atoms. The maximum absolute atomic E-state index is 12.0. The molecule has 0 aromatic heterocycles. The molecule has 3 aromatic carbocycles. The SMILES string of the molecule is CO[C@H]1O[C@H]([C@H](C)OS(C)(=O)=O)[C@@H](OCc2ccccc2)[C@H](OCc2ccccc2)[C@H]1OCc1ccccc1. The molecule has 0 spiro atoms. The molecule has 0 N–H and O–H groups in total. The van der Waals surface area contributed by atoms with Crippen LogP contribution in [0.15, 0.2) is 91.0 Å². The molecule has 0 aliphatic carbocycles. The Hall–Kier alpha value is -2.63. The van der Waals surface area contributed by atoms with Gasteiger partial charge in [-0.2, -0.15) is 8.42 Å². The lowest BCUT2D eigenvalue weighted by Crippen LogP contribution is -2.63. The van der Waals surface area contributed by atoms with Crippen LogP contribution in [0.4, 0.5) is 0 Å². The van der Waals surface area contributed by atoms with E-state index in [9.17, 15) is 8.42 Å². The van der Waals surface area contributed by atoms with Crippen molar-refractivity contribution in [2.75, 3.05) is 13.4 Å². The number of ether oxygens (including phenoxy) is 5. The molecule has 0 unspecified atom stereocenters. The molecule has 8 nitrogen and oxygen atoms in total. The summed E-state index contributed by atoms with van der Waals surface area (Å²) < 4.78 is 60.7. The summed E-state index contributed by atoms with van der Waals surface area (Å²) in [5.41, 5.74) is 2.90. The molecule has 1 saturated heterocycles. The number of hydrogen-bond acceptors (Lipinski definition) is 8. The Balaban J connectivity index is 1.65. The zero-order valence-corrected chi connectivity index (χ0v) is 23.2. The van der Waals surface area contributed by atoms with Crippen LogP contribution in [-0.2, 0) is 57.8 Å². The quantitative estimate of drug-likeness (QED) is 0.285. The standard InChI is InChI=1S/C30H36O8S/c1-22(38-39(3,31)32)26-27(34-19-23-13-7-4-8-14-23)28(35-20-24-15-9-5-10-16-24)29(30(33-2)37-26)36-21-25-17-11-6-12-18-25/h4-18,22,26-30H,19-21H2,1-3H3/t22-,26+,27+,28-,29+,30-/m0/s1. The van der Waals surface area contributed by atoms with E-state index in [1.165, 1.54) is 7.11 Å². The van der Waals surface area contributed by atoms with Gasteiger partial charge in [0, 0.05) is 7.11 Å². The summed E-state index contributed by atoms with van der Waals surface area (Å²) >= 11 is 0.